The highest BCUT2D eigenvalue weighted by Crippen LogP contribution is 2.16. The highest BCUT2D eigenvalue weighted by Gasteiger charge is 2.18. The average molecular weight is 287 g/mol. The molecule has 0 aromatic carbocycles. The lowest BCUT2D eigenvalue weighted by atomic mass is 9.96. The number of nitrogens with zero attached hydrogens (tertiary/aromatic N) is 3. The van der Waals surface area contributed by atoms with E-state index >= 15 is 0 Å². The van der Waals surface area contributed by atoms with Crippen molar-refractivity contribution in [2.24, 2.45) is 13.0 Å². The van der Waals surface area contributed by atoms with Crippen molar-refractivity contribution in [3.05, 3.63) is 12.2 Å². The second kappa shape index (κ2) is 6.44. The van der Waals surface area contributed by atoms with Crippen LogP contribution in [-0.2, 0) is 23.6 Å². The molecule has 0 bridgehead atoms. The molecule has 1 fully saturated rings. The SMILES string of the molecule is Cn1cnnc1CNS(=O)(=O)CCC1CCNCC1. The van der Waals surface area contributed by atoms with Gasteiger partial charge in [-0.3, -0.25) is 0 Å². The van der Waals surface area contributed by atoms with Crippen LogP contribution in [0.25, 0.3) is 0 Å². The van der Waals surface area contributed by atoms with Gasteiger partial charge in [-0.15, -0.1) is 10.2 Å². The van der Waals surface area contributed by atoms with Gasteiger partial charge in [0.2, 0.25) is 10.0 Å². The van der Waals surface area contributed by atoms with E-state index in [9.17, 15) is 8.42 Å². The van der Waals surface area contributed by atoms with Gasteiger partial charge in [0.15, 0.2) is 0 Å². The Bertz CT molecular complexity index is 493. The summed E-state index contributed by atoms with van der Waals surface area (Å²) in [6.45, 7) is 2.19. The zero-order valence-electron chi connectivity index (χ0n) is 11.2. The van der Waals surface area contributed by atoms with Gasteiger partial charge in [0.1, 0.15) is 12.2 Å². The molecule has 2 rings (SSSR count). The Morgan fingerprint density at radius 1 is 1.47 bits per heavy atom. The Hall–Kier alpha value is -0.990. The van der Waals surface area contributed by atoms with Gasteiger partial charge in [-0.25, -0.2) is 13.1 Å². The van der Waals surface area contributed by atoms with Crippen molar-refractivity contribution in [1.82, 2.24) is 24.8 Å². The molecule has 1 saturated heterocycles. The van der Waals surface area contributed by atoms with Crippen LogP contribution in [0.2, 0.25) is 0 Å². The number of aryl methyl sites for hydroxylation is 1. The van der Waals surface area contributed by atoms with Crippen LogP contribution < -0.4 is 10.0 Å². The highest BCUT2D eigenvalue weighted by molar-refractivity contribution is 7.89. The quantitative estimate of drug-likeness (QED) is 0.745. The molecule has 0 unspecified atom stereocenters. The molecule has 2 heterocycles. The fraction of sp³-hybridized carbons (Fsp3) is 0.818. The molecular formula is C11H21N5O2S. The molecule has 19 heavy (non-hydrogen) atoms. The maximum Gasteiger partial charge on any atom is 0.212 e. The van der Waals surface area contributed by atoms with Crippen LogP contribution >= 0.6 is 0 Å². The number of hydrogen-bond donors (Lipinski definition) is 2. The van der Waals surface area contributed by atoms with E-state index in [-0.39, 0.29) is 12.3 Å². The van der Waals surface area contributed by atoms with E-state index in [1.807, 2.05) is 0 Å². The molecule has 1 aromatic heterocycles. The van der Waals surface area contributed by atoms with Gasteiger partial charge in [-0.1, -0.05) is 0 Å². The summed E-state index contributed by atoms with van der Waals surface area (Å²) in [7, 11) is -1.43. The molecule has 0 saturated carbocycles. The lowest BCUT2D eigenvalue weighted by Crippen LogP contribution is -2.31. The molecule has 1 aromatic rings. The summed E-state index contributed by atoms with van der Waals surface area (Å²) < 4.78 is 28.1. The van der Waals surface area contributed by atoms with Crippen molar-refractivity contribution in [3.8, 4) is 0 Å². The fourth-order valence-corrected chi connectivity index (χ4v) is 3.34. The Labute approximate surface area is 113 Å². The minimum absolute atomic E-state index is 0.190. The lowest BCUT2D eigenvalue weighted by Gasteiger charge is -2.22. The first-order chi connectivity index (χ1) is 9.07. The third-order valence-electron chi connectivity index (χ3n) is 3.51. The standard InChI is InChI=1S/C11H21N5O2S/c1-16-9-13-15-11(16)8-14-19(17,18)7-4-10-2-5-12-6-3-10/h9-10,12,14H,2-8H2,1H3. The van der Waals surface area contributed by atoms with Crippen molar-refractivity contribution >= 4 is 10.0 Å². The normalized spacial score (nSPS) is 17.7. The van der Waals surface area contributed by atoms with Gasteiger partial charge < -0.3 is 9.88 Å². The van der Waals surface area contributed by atoms with E-state index < -0.39 is 10.0 Å². The predicted octanol–water partition coefficient (Wildman–Crippen LogP) is -0.376. The van der Waals surface area contributed by atoms with Crippen molar-refractivity contribution < 1.29 is 8.42 Å². The molecule has 1 aliphatic rings. The molecule has 8 heteroatoms. The van der Waals surface area contributed by atoms with E-state index in [2.05, 4.69) is 20.2 Å². The topological polar surface area (TPSA) is 88.9 Å². The second-order valence-corrected chi connectivity index (χ2v) is 6.91. The van der Waals surface area contributed by atoms with E-state index in [0.29, 0.717) is 11.7 Å². The Kier molecular flexibility index (Phi) is 4.89. The lowest BCUT2D eigenvalue weighted by molar-refractivity contribution is 0.365. The Morgan fingerprint density at radius 2 is 2.21 bits per heavy atom. The minimum atomic E-state index is -3.23. The Balaban J connectivity index is 1.76. The van der Waals surface area contributed by atoms with Gasteiger partial charge in [-0.05, 0) is 38.3 Å². The largest absolute Gasteiger partial charge is 0.320 e. The minimum Gasteiger partial charge on any atom is -0.320 e. The van der Waals surface area contributed by atoms with Crippen LogP contribution in [0, 0.1) is 5.92 Å². The Morgan fingerprint density at radius 3 is 2.84 bits per heavy atom. The van der Waals surface area contributed by atoms with Crippen LogP contribution in [0.4, 0.5) is 0 Å². The van der Waals surface area contributed by atoms with E-state index in [1.54, 1.807) is 17.9 Å². The van der Waals surface area contributed by atoms with Crippen LogP contribution in [0.3, 0.4) is 0 Å². The van der Waals surface area contributed by atoms with E-state index in [1.165, 1.54) is 0 Å². The molecule has 1 aliphatic heterocycles. The molecular weight excluding hydrogens is 266 g/mol. The van der Waals surface area contributed by atoms with Crippen molar-refractivity contribution in [3.63, 3.8) is 0 Å². The summed E-state index contributed by atoms with van der Waals surface area (Å²) in [5.41, 5.74) is 0. The van der Waals surface area contributed by atoms with Gasteiger partial charge >= 0.3 is 0 Å². The zero-order valence-corrected chi connectivity index (χ0v) is 12.0. The molecule has 0 aliphatic carbocycles. The number of sulfonamides is 1. The molecule has 0 radical (unpaired) electrons. The molecule has 2 N–H and O–H groups in total. The van der Waals surface area contributed by atoms with Crippen LogP contribution in [0.15, 0.2) is 6.33 Å². The third kappa shape index (κ3) is 4.55. The number of hydrogen-bond acceptors (Lipinski definition) is 5. The number of aromatic nitrogens is 3. The van der Waals surface area contributed by atoms with E-state index in [0.717, 1.165) is 32.4 Å². The monoisotopic (exact) mass is 287 g/mol. The van der Waals surface area contributed by atoms with Crippen molar-refractivity contribution in [1.29, 1.82) is 0 Å². The summed E-state index contributed by atoms with van der Waals surface area (Å²) in [5.74, 6) is 1.33. The van der Waals surface area contributed by atoms with Gasteiger partial charge in [0.05, 0.1) is 12.3 Å². The van der Waals surface area contributed by atoms with Gasteiger partial charge in [0, 0.05) is 7.05 Å². The smallest absolute Gasteiger partial charge is 0.212 e. The third-order valence-corrected chi connectivity index (χ3v) is 4.87. The summed E-state index contributed by atoms with van der Waals surface area (Å²) in [4.78, 5) is 0. The van der Waals surface area contributed by atoms with E-state index in [4.69, 9.17) is 0 Å². The maximum absolute atomic E-state index is 11.9. The molecule has 0 amide bonds. The first-order valence-electron chi connectivity index (χ1n) is 6.58. The van der Waals surface area contributed by atoms with Crippen molar-refractivity contribution in [2.75, 3.05) is 18.8 Å². The number of rotatable bonds is 6. The average Bonchev–Trinajstić information content (AvgIpc) is 2.81. The fourth-order valence-electron chi connectivity index (χ4n) is 2.21. The summed E-state index contributed by atoms with van der Waals surface area (Å²) >= 11 is 0. The van der Waals surface area contributed by atoms with Crippen molar-refractivity contribution in [2.45, 2.75) is 25.8 Å². The first kappa shape index (κ1) is 14.4. The van der Waals surface area contributed by atoms with Gasteiger partial charge in [-0.2, -0.15) is 0 Å². The van der Waals surface area contributed by atoms with Crippen LogP contribution in [-0.4, -0.2) is 42.0 Å². The molecule has 7 nitrogen and oxygen atoms in total. The summed E-state index contributed by atoms with van der Waals surface area (Å²) in [6.07, 6.45) is 4.42. The summed E-state index contributed by atoms with van der Waals surface area (Å²) in [5, 5.41) is 10.8. The molecule has 0 atom stereocenters. The predicted molar refractivity (Wildman–Crippen MR) is 71.8 cm³/mol. The number of piperidine rings is 1. The number of nitrogens with one attached hydrogen (secondary N) is 2. The summed E-state index contributed by atoms with van der Waals surface area (Å²) in [6, 6.07) is 0. The second-order valence-electron chi connectivity index (χ2n) is 4.98. The molecule has 0 spiro atoms. The zero-order chi connectivity index (χ0) is 13.7. The van der Waals surface area contributed by atoms with Crippen LogP contribution in [0.1, 0.15) is 25.1 Å². The molecule has 108 valence electrons. The highest BCUT2D eigenvalue weighted by atomic mass is 32.2. The van der Waals surface area contributed by atoms with Gasteiger partial charge in [0.25, 0.3) is 0 Å². The van der Waals surface area contributed by atoms with Crippen LogP contribution in [0.5, 0.6) is 0 Å². The maximum atomic E-state index is 11.9. The first-order valence-corrected chi connectivity index (χ1v) is 8.23.